The molecule has 0 N–H and O–H groups in total. The number of rotatable bonds is 5. The molecule has 0 bridgehead atoms. The van der Waals surface area contributed by atoms with Gasteiger partial charge in [-0.2, -0.15) is 0 Å². The molecule has 0 saturated heterocycles. The molecule has 0 fully saturated rings. The van der Waals surface area contributed by atoms with E-state index < -0.39 is 4.92 Å². The lowest BCUT2D eigenvalue weighted by Crippen LogP contribution is -1.96. The topological polar surface area (TPSA) is 78.4 Å². The van der Waals surface area contributed by atoms with Crippen LogP contribution in [0.25, 0.3) is 22.6 Å². The van der Waals surface area contributed by atoms with E-state index in [4.69, 9.17) is 9.15 Å². The third kappa shape index (κ3) is 3.64. The van der Waals surface area contributed by atoms with Gasteiger partial charge >= 0.3 is 0 Å². The molecule has 6 nitrogen and oxygen atoms in total. The van der Waals surface area contributed by atoms with Crippen molar-refractivity contribution in [2.75, 3.05) is 0 Å². The monoisotopic (exact) mass is 360 g/mol. The van der Waals surface area contributed by atoms with E-state index in [0.717, 1.165) is 27.8 Å². The number of nitrogens with zero attached hydrogens (tertiary/aromatic N) is 2. The van der Waals surface area contributed by atoms with Crippen molar-refractivity contribution in [2.45, 2.75) is 13.5 Å². The summed E-state index contributed by atoms with van der Waals surface area (Å²) in [6.45, 7) is 2.35. The summed E-state index contributed by atoms with van der Waals surface area (Å²) in [6.07, 6.45) is 0. The standard InChI is InChI=1S/C21H16N2O4/c1-14-2-11-20-19(12-14)22-21(27-20)16-5-9-18(10-6-16)26-13-15-3-7-17(8-4-15)23(24)25/h2-12H,13H2,1H3. The number of benzene rings is 3. The Morgan fingerprint density at radius 1 is 1.04 bits per heavy atom. The fourth-order valence-corrected chi connectivity index (χ4v) is 2.74. The average molecular weight is 360 g/mol. The highest BCUT2D eigenvalue weighted by atomic mass is 16.6. The molecule has 6 heteroatoms. The first-order valence-electron chi connectivity index (χ1n) is 8.42. The predicted molar refractivity (Wildman–Crippen MR) is 102 cm³/mol. The zero-order chi connectivity index (χ0) is 18.8. The molecule has 0 aliphatic heterocycles. The zero-order valence-electron chi connectivity index (χ0n) is 14.6. The molecule has 3 aromatic carbocycles. The van der Waals surface area contributed by atoms with Crippen LogP contribution in [0.1, 0.15) is 11.1 Å². The SMILES string of the molecule is Cc1ccc2oc(-c3ccc(OCc4ccc([N+](=O)[O-])cc4)cc3)nc2c1. The molecule has 1 heterocycles. The molecule has 0 atom stereocenters. The maximum absolute atomic E-state index is 10.7. The number of nitro groups is 1. The minimum atomic E-state index is -0.420. The van der Waals surface area contributed by atoms with Crippen molar-refractivity contribution in [1.29, 1.82) is 0 Å². The normalized spacial score (nSPS) is 10.9. The van der Waals surface area contributed by atoms with Crippen molar-refractivity contribution < 1.29 is 14.1 Å². The summed E-state index contributed by atoms with van der Waals surface area (Å²) in [6, 6.07) is 19.7. The van der Waals surface area contributed by atoms with Crippen LogP contribution in [0.5, 0.6) is 5.75 Å². The van der Waals surface area contributed by atoms with Crippen LogP contribution in [0.3, 0.4) is 0 Å². The van der Waals surface area contributed by atoms with Gasteiger partial charge in [0, 0.05) is 17.7 Å². The van der Waals surface area contributed by atoms with Crippen molar-refractivity contribution in [3.8, 4) is 17.2 Å². The van der Waals surface area contributed by atoms with Crippen LogP contribution in [-0.4, -0.2) is 9.91 Å². The summed E-state index contributed by atoms with van der Waals surface area (Å²) in [5.41, 5.74) is 4.53. The summed E-state index contributed by atoms with van der Waals surface area (Å²) in [7, 11) is 0. The Morgan fingerprint density at radius 2 is 1.78 bits per heavy atom. The quantitative estimate of drug-likeness (QED) is 0.357. The van der Waals surface area contributed by atoms with Gasteiger partial charge in [0.1, 0.15) is 17.9 Å². The number of nitro benzene ring substituents is 1. The highest BCUT2D eigenvalue weighted by Gasteiger charge is 2.09. The van der Waals surface area contributed by atoms with Crippen molar-refractivity contribution in [3.05, 3.63) is 88.0 Å². The lowest BCUT2D eigenvalue weighted by Gasteiger charge is -2.06. The fraction of sp³-hybridized carbons (Fsp3) is 0.0952. The highest BCUT2D eigenvalue weighted by molar-refractivity contribution is 5.76. The second kappa shape index (κ2) is 6.92. The lowest BCUT2D eigenvalue weighted by molar-refractivity contribution is -0.384. The largest absolute Gasteiger partial charge is 0.489 e. The van der Waals surface area contributed by atoms with Crippen LogP contribution in [0.15, 0.2) is 71.1 Å². The predicted octanol–water partition coefficient (Wildman–Crippen LogP) is 5.29. The molecule has 0 unspecified atom stereocenters. The van der Waals surface area contributed by atoms with Crippen LogP contribution < -0.4 is 4.74 Å². The Morgan fingerprint density at radius 3 is 2.48 bits per heavy atom. The second-order valence-corrected chi connectivity index (χ2v) is 6.23. The van der Waals surface area contributed by atoms with Gasteiger partial charge in [0.15, 0.2) is 5.58 Å². The summed E-state index contributed by atoms with van der Waals surface area (Å²) in [5, 5.41) is 10.7. The Balaban J connectivity index is 1.45. The first kappa shape index (κ1) is 16.8. The number of aromatic nitrogens is 1. The van der Waals surface area contributed by atoms with Crippen molar-refractivity contribution in [1.82, 2.24) is 4.98 Å². The van der Waals surface area contributed by atoms with Gasteiger partial charge < -0.3 is 9.15 Å². The molecular weight excluding hydrogens is 344 g/mol. The molecule has 0 radical (unpaired) electrons. The second-order valence-electron chi connectivity index (χ2n) is 6.23. The lowest BCUT2D eigenvalue weighted by atomic mass is 10.2. The van der Waals surface area contributed by atoms with E-state index in [1.165, 1.54) is 12.1 Å². The van der Waals surface area contributed by atoms with E-state index in [-0.39, 0.29) is 5.69 Å². The molecular formula is C21H16N2O4. The van der Waals surface area contributed by atoms with E-state index in [2.05, 4.69) is 4.98 Å². The van der Waals surface area contributed by atoms with Gasteiger partial charge in [0.25, 0.3) is 5.69 Å². The van der Waals surface area contributed by atoms with Crippen LogP contribution in [0.4, 0.5) is 5.69 Å². The molecule has 0 aliphatic rings. The molecule has 1 aromatic heterocycles. The number of ether oxygens (including phenoxy) is 1. The Hall–Kier alpha value is -3.67. The van der Waals surface area contributed by atoms with Gasteiger partial charge in [-0.25, -0.2) is 4.98 Å². The van der Waals surface area contributed by atoms with Crippen LogP contribution in [0, 0.1) is 17.0 Å². The number of oxazole rings is 1. The van der Waals surface area contributed by atoms with Crippen LogP contribution >= 0.6 is 0 Å². The van der Waals surface area contributed by atoms with Gasteiger partial charge in [-0.15, -0.1) is 0 Å². The molecule has 0 amide bonds. The smallest absolute Gasteiger partial charge is 0.269 e. The average Bonchev–Trinajstić information content (AvgIpc) is 3.10. The van der Waals surface area contributed by atoms with E-state index in [9.17, 15) is 10.1 Å². The van der Waals surface area contributed by atoms with Gasteiger partial charge in [-0.3, -0.25) is 10.1 Å². The number of fused-ring (bicyclic) bond motifs is 1. The maximum Gasteiger partial charge on any atom is 0.269 e. The number of hydrogen-bond acceptors (Lipinski definition) is 5. The zero-order valence-corrected chi connectivity index (χ0v) is 14.6. The molecule has 4 aromatic rings. The third-order valence-electron chi connectivity index (χ3n) is 4.20. The Labute approximate surface area is 155 Å². The highest BCUT2D eigenvalue weighted by Crippen LogP contribution is 2.26. The van der Waals surface area contributed by atoms with Gasteiger partial charge in [-0.1, -0.05) is 6.07 Å². The Kier molecular flexibility index (Phi) is 4.30. The fourth-order valence-electron chi connectivity index (χ4n) is 2.74. The number of non-ortho nitro benzene ring substituents is 1. The molecule has 4 rings (SSSR count). The van der Waals surface area contributed by atoms with Crippen molar-refractivity contribution in [3.63, 3.8) is 0 Å². The van der Waals surface area contributed by atoms with E-state index in [0.29, 0.717) is 18.2 Å². The summed E-state index contributed by atoms with van der Waals surface area (Å²) in [4.78, 5) is 14.8. The Bertz CT molecular complexity index is 1100. The van der Waals surface area contributed by atoms with E-state index in [1.807, 2.05) is 49.4 Å². The van der Waals surface area contributed by atoms with E-state index in [1.54, 1.807) is 12.1 Å². The van der Waals surface area contributed by atoms with Gasteiger partial charge in [-0.05, 0) is 66.6 Å². The molecule has 27 heavy (non-hydrogen) atoms. The molecule has 0 spiro atoms. The van der Waals surface area contributed by atoms with Gasteiger partial charge in [0.2, 0.25) is 5.89 Å². The summed E-state index contributed by atoms with van der Waals surface area (Å²) in [5.74, 6) is 1.27. The first-order chi connectivity index (χ1) is 13.1. The minimum Gasteiger partial charge on any atom is -0.489 e. The first-order valence-corrected chi connectivity index (χ1v) is 8.42. The number of hydrogen-bond donors (Lipinski definition) is 0. The molecule has 0 aliphatic carbocycles. The maximum atomic E-state index is 10.7. The third-order valence-corrected chi connectivity index (χ3v) is 4.20. The van der Waals surface area contributed by atoms with Crippen LogP contribution in [-0.2, 0) is 6.61 Å². The van der Waals surface area contributed by atoms with E-state index >= 15 is 0 Å². The summed E-state index contributed by atoms with van der Waals surface area (Å²) < 4.78 is 11.5. The van der Waals surface area contributed by atoms with Crippen LogP contribution in [0.2, 0.25) is 0 Å². The van der Waals surface area contributed by atoms with Crippen molar-refractivity contribution in [2.24, 2.45) is 0 Å². The van der Waals surface area contributed by atoms with Gasteiger partial charge in [0.05, 0.1) is 4.92 Å². The molecule has 0 saturated carbocycles. The van der Waals surface area contributed by atoms with Crippen molar-refractivity contribution >= 4 is 16.8 Å². The number of aryl methyl sites for hydroxylation is 1. The summed E-state index contributed by atoms with van der Waals surface area (Å²) >= 11 is 0. The molecule has 134 valence electrons. The minimum absolute atomic E-state index is 0.0663.